The summed E-state index contributed by atoms with van der Waals surface area (Å²) in [4.78, 5) is 8.65. The summed E-state index contributed by atoms with van der Waals surface area (Å²) in [5.41, 5.74) is 0.812. The maximum atomic E-state index is 4.46. The van der Waals surface area contributed by atoms with Crippen molar-refractivity contribution in [1.29, 1.82) is 0 Å². The molecule has 0 aliphatic heterocycles. The van der Waals surface area contributed by atoms with Crippen LogP contribution in [-0.4, -0.2) is 31.1 Å². The van der Waals surface area contributed by atoms with E-state index >= 15 is 0 Å². The molecule has 0 unspecified atom stereocenters. The molecule has 0 saturated carbocycles. The summed E-state index contributed by atoms with van der Waals surface area (Å²) in [6.07, 6.45) is 3.66. The van der Waals surface area contributed by atoms with Crippen LogP contribution >= 0.6 is 27.7 Å². The van der Waals surface area contributed by atoms with Crippen molar-refractivity contribution >= 4 is 39.3 Å². The summed E-state index contributed by atoms with van der Waals surface area (Å²) < 4.78 is 2.75. The number of nitrogens with zero attached hydrogens (tertiary/aromatic N) is 5. The van der Waals surface area contributed by atoms with Gasteiger partial charge in [-0.25, -0.2) is 9.97 Å². The Bertz CT molecular complexity index is 744. The second-order valence-corrected chi connectivity index (χ2v) is 5.70. The molecule has 102 valence electrons. The lowest BCUT2D eigenvalue weighted by atomic mass is 10.5. The molecule has 1 N–H and O–H groups in total. The zero-order chi connectivity index (χ0) is 13.9. The number of rotatable bonds is 4. The summed E-state index contributed by atoms with van der Waals surface area (Å²) in [5, 5.41) is 13.0. The summed E-state index contributed by atoms with van der Waals surface area (Å²) in [6, 6.07) is 5.79. The Morgan fingerprint density at radius 3 is 3.10 bits per heavy atom. The second kappa shape index (κ2) is 5.76. The van der Waals surface area contributed by atoms with Gasteiger partial charge in [-0.1, -0.05) is 6.07 Å². The molecule has 0 aliphatic carbocycles. The first-order valence-corrected chi connectivity index (χ1v) is 7.63. The lowest BCUT2D eigenvalue weighted by Crippen LogP contribution is -2.02. The van der Waals surface area contributed by atoms with Gasteiger partial charge in [0.1, 0.15) is 5.03 Å². The van der Waals surface area contributed by atoms with E-state index in [4.69, 9.17) is 0 Å². The van der Waals surface area contributed by atoms with Crippen LogP contribution in [0.15, 0.2) is 45.2 Å². The van der Waals surface area contributed by atoms with Gasteiger partial charge in [-0.3, -0.25) is 4.40 Å². The van der Waals surface area contributed by atoms with Crippen molar-refractivity contribution in [2.75, 3.05) is 11.9 Å². The molecule has 3 heterocycles. The van der Waals surface area contributed by atoms with Gasteiger partial charge in [-0.15, -0.1) is 10.2 Å². The van der Waals surface area contributed by atoms with Gasteiger partial charge in [0.15, 0.2) is 5.65 Å². The first kappa shape index (κ1) is 13.3. The van der Waals surface area contributed by atoms with E-state index in [1.165, 1.54) is 11.8 Å². The fourth-order valence-corrected chi connectivity index (χ4v) is 2.87. The molecule has 0 saturated heterocycles. The van der Waals surface area contributed by atoms with Gasteiger partial charge in [-0.2, -0.15) is 0 Å². The quantitative estimate of drug-likeness (QED) is 0.729. The first-order chi connectivity index (χ1) is 9.78. The molecule has 0 amide bonds. The average molecular weight is 351 g/mol. The van der Waals surface area contributed by atoms with Crippen LogP contribution in [0, 0.1) is 0 Å². The molecule has 0 fully saturated rings. The molecule has 6 nitrogen and oxygen atoms in total. The predicted octanol–water partition coefficient (Wildman–Crippen LogP) is 2.86. The van der Waals surface area contributed by atoms with Crippen LogP contribution in [0.4, 0.5) is 5.95 Å². The maximum absolute atomic E-state index is 4.46. The Kier molecular flexibility index (Phi) is 3.83. The summed E-state index contributed by atoms with van der Waals surface area (Å²) in [7, 11) is 0. The van der Waals surface area contributed by atoms with Gasteiger partial charge < -0.3 is 5.32 Å². The topological polar surface area (TPSA) is 68.0 Å². The number of halogens is 1. The van der Waals surface area contributed by atoms with Gasteiger partial charge in [0.2, 0.25) is 11.1 Å². The monoisotopic (exact) mass is 350 g/mol. The average Bonchev–Trinajstić information content (AvgIpc) is 2.86. The number of nitrogens with one attached hydrogen (secondary N) is 1. The van der Waals surface area contributed by atoms with E-state index in [1.54, 1.807) is 6.20 Å². The predicted molar refractivity (Wildman–Crippen MR) is 81.0 cm³/mol. The highest BCUT2D eigenvalue weighted by atomic mass is 79.9. The molecule has 0 radical (unpaired) electrons. The minimum Gasteiger partial charge on any atom is -0.354 e. The molecule has 0 aromatic carbocycles. The molecule has 0 atom stereocenters. The van der Waals surface area contributed by atoms with E-state index < -0.39 is 0 Å². The Hall–Kier alpha value is -1.67. The molecule has 3 aromatic heterocycles. The minimum atomic E-state index is 0.604. The van der Waals surface area contributed by atoms with Crippen LogP contribution in [-0.2, 0) is 0 Å². The van der Waals surface area contributed by atoms with Crippen molar-refractivity contribution in [3.63, 3.8) is 0 Å². The number of pyridine rings is 1. The fraction of sp³-hybridized carbons (Fsp3) is 0.167. The third-order valence-electron chi connectivity index (χ3n) is 2.52. The molecule has 0 spiro atoms. The van der Waals surface area contributed by atoms with Crippen molar-refractivity contribution < 1.29 is 0 Å². The molecule has 3 rings (SSSR count). The highest BCUT2D eigenvalue weighted by Crippen LogP contribution is 2.31. The Labute approximate surface area is 128 Å². The molecule has 3 aromatic rings. The van der Waals surface area contributed by atoms with Crippen molar-refractivity contribution in [3.8, 4) is 0 Å². The summed E-state index contributed by atoms with van der Waals surface area (Å²) >= 11 is 4.90. The number of fused-ring (bicyclic) bond motifs is 1. The molecule has 8 heteroatoms. The highest BCUT2D eigenvalue weighted by molar-refractivity contribution is 9.10. The molecule has 0 aliphatic rings. The standard InChI is InChI=1S/C12H11BrN6S/c1-2-14-11-15-7-8(13)10(16-11)20-12-18-17-9-5-3-4-6-19(9)12/h3-7H,2H2,1H3,(H,14,15,16). The lowest BCUT2D eigenvalue weighted by molar-refractivity contribution is 0.912. The largest absolute Gasteiger partial charge is 0.354 e. The lowest BCUT2D eigenvalue weighted by Gasteiger charge is -2.05. The van der Waals surface area contributed by atoms with Crippen LogP contribution in [0.2, 0.25) is 0 Å². The summed E-state index contributed by atoms with van der Waals surface area (Å²) in [5.74, 6) is 0.604. The number of aromatic nitrogens is 5. The van der Waals surface area contributed by atoms with E-state index in [-0.39, 0.29) is 0 Å². The van der Waals surface area contributed by atoms with Crippen LogP contribution in [0.5, 0.6) is 0 Å². The SMILES string of the molecule is CCNc1ncc(Br)c(Sc2nnc3ccccn23)n1. The minimum absolute atomic E-state index is 0.604. The molecule has 0 bridgehead atoms. The third-order valence-corrected chi connectivity index (χ3v) is 4.33. The van der Waals surface area contributed by atoms with Crippen molar-refractivity contribution in [2.45, 2.75) is 17.1 Å². The Morgan fingerprint density at radius 1 is 1.35 bits per heavy atom. The maximum Gasteiger partial charge on any atom is 0.223 e. The zero-order valence-corrected chi connectivity index (χ0v) is 13.0. The van der Waals surface area contributed by atoms with E-state index in [9.17, 15) is 0 Å². The number of hydrogen-bond acceptors (Lipinski definition) is 6. The van der Waals surface area contributed by atoms with Gasteiger partial charge in [0.25, 0.3) is 0 Å². The van der Waals surface area contributed by atoms with Gasteiger partial charge >= 0.3 is 0 Å². The Morgan fingerprint density at radius 2 is 2.25 bits per heavy atom. The van der Waals surface area contributed by atoms with E-state index in [0.717, 1.165) is 26.8 Å². The second-order valence-electron chi connectivity index (χ2n) is 3.89. The van der Waals surface area contributed by atoms with Crippen LogP contribution < -0.4 is 5.32 Å². The molecule has 20 heavy (non-hydrogen) atoms. The van der Waals surface area contributed by atoms with Crippen LogP contribution in [0.1, 0.15) is 6.92 Å². The van der Waals surface area contributed by atoms with E-state index in [2.05, 4.69) is 41.4 Å². The fourth-order valence-electron chi connectivity index (χ4n) is 1.64. The van der Waals surface area contributed by atoms with Gasteiger partial charge in [-0.05, 0) is 46.7 Å². The van der Waals surface area contributed by atoms with Crippen molar-refractivity contribution in [1.82, 2.24) is 24.6 Å². The van der Waals surface area contributed by atoms with Crippen molar-refractivity contribution in [3.05, 3.63) is 35.1 Å². The first-order valence-electron chi connectivity index (χ1n) is 6.02. The van der Waals surface area contributed by atoms with Gasteiger partial charge in [0.05, 0.1) is 4.47 Å². The number of anilines is 1. The Balaban J connectivity index is 1.96. The normalized spacial score (nSPS) is 10.9. The summed E-state index contributed by atoms with van der Waals surface area (Å²) in [6.45, 7) is 2.78. The zero-order valence-electron chi connectivity index (χ0n) is 10.6. The highest BCUT2D eigenvalue weighted by Gasteiger charge is 2.11. The van der Waals surface area contributed by atoms with E-state index in [1.807, 2.05) is 35.7 Å². The van der Waals surface area contributed by atoms with Crippen LogP contribution in [0.3, 0.4) is 0 Å². The molecular weight excluding hydrogens is 340 g/mol. The van der Waals surface area contributed by atoms with E-state index in [0.29, 0.717) is 5.95 Å². The third kappa shape index (κ3) is 2.61. The van der Waals surface area contributed by atoms with Crippen LogP contribution in [0.25, 0.3) is 5.65 Å². The van der Waals surface area contributed by atoms with Gasteiger partial charge in [0, 0.05) is 18.9 Å². The number of hydrogen-bond donors (Lipinski definition) is 1. The molecular formula is C12H11BrN6S. The van der Waals surface area contributed by atoms with Crippen molar-refractivity contribution in [2.24, 2.45) is 0 Å². The smallest absolute Gasteiger partial charge is 0.223 e.